The van der Waals surface area contributed by atoms with Crippen LogP contribution in [-0.2, 0) is 24.3 Å². The molecule has 0 amide bonds. The minimum Gasteiger partial charge on any atom is -0.748 e. The molecule has 3 rings (SSSR count). The number of rotatable bonds is 16. The lowest BCUT2D eigenvalue weighted by Gasteiger charge is -2.34. The van der Waals surface area contributed by atoms with Gasteiger partial charge in [-0.25, -0.2) is 8.42 Å². The van der Waals surface area contributed by atoms with Gasteiger partial charge in [0.2, 0.25) is 0 Å². The standard InChI is InChI=1S/C31H50N2O7S2/c1-32(21-5-23-41-40-39-35)29-17-11-25(12-18-29)7-3-9-27-15-16-28(31(27)34)10-4-8-26-13-19-30(20-14-26)33(2)22-6-24-42(36,37)38/h3-4,7-10,25-26,29-30,35H,5-6,11-24H2,1-2H3,(H,36,37,38)/p-2. The second-order valence-corrected chi connectivity index (χ2v) is 14.3. The Morgan fingerprint density at radius 3 is 1.76 bits per heavy atom. The predicted octanol–water partition coefficient (Wildman–Crippen LogP) is 4.49. The third-order valence-corrected chi connectivity index (χ3v) is 10.5. The van der Waals surface area contributed by atoms with Crippen molar-refractivity contribution in [2.45, 2.75) is 89.1 Å². The molecule has 0 unspecified atom stereocenters. The molecule has 0 radical (unpaired) electrons. The van der Waals surface area contributed by atoms with E-state index < -0.39 is 10.1 Å². The second kappa shape index (κ2) is 18.5. The first kappa shape index (κ1) is 35.2. The molecule has 3 aliphatic carbocycles. The first-order valence-electron chi connectivity index (χ1n) is 15.4. The monoisotopic (exact) mass is 624 g/mol. The van der Waals surface area contributed by atoms with Crippen LogP contribution in [0.5, 0.6) is 0 Å². The van der Waals surface area contributed by atoms with Gasteiger partial charge in [0.05, 0.1) is 10.1 Å². The van der Waals surface area contributed by atoms with Crippen LogP contribution in [0.15, 0.2) is 47.6 Å². The highest BCUT2D eigenvalue weighted by Gasteiger charge is 2.25. The summed E-state index contributed by atoms with van der Waals surface area (Å²) in [7, 11) is 0.0374. The molecule has 0 N–H and O–H groups in total. The van der Waals surface area contributed by atoms with Gasteiger partial charge in [-0.1, -0.05) is 36.5 Å². The van der Waals surface area contributed by atoms with Crippen LogP contribution < -0.4 is 5.26 Å². The van der Waals surface area contributed by atoms with Crippen LogP contribution in [0.3, 0.4) is 0 Å². The van der Waals surface area contributed by atoms with Gasteiger partial charge in [-0.2, -0.15) is 4.33 Å². The van der Waals surface area contributed by atoms with E-state index in [-0.39, 0.29) is 11.5 Å². The minimum atomic E-state index is -4.14. The van der Waals surface area contributed by atoms with Gasteiger partial charge in [0.1, 0.15) is 0 Å². The Kier molecular flexibility index (Phi) is 15.5. The molecule has 0 saturated heterocycles. The minimum absolute atomic E-state index is 0.172. The molecule has 0 aromatic carbocycles. The summed E-state index contributed by atoms with van der Waals surface area (Å²) in [5, 5.41) is 13.2. The number of carbonyl (C=O) groups is 1. The molecule has 11 heteroatoms. The van der Waals surface area contributed by atoms with Crippen LogP contribution in [0.25, 0.3) is 0 Å². The molecular formula is C31H48N2O7S2-2. The van der Waals surface area contributed by atoms with E-state index in [4.69, 9.17) is 0 Å². The number of hydrogen-bond acceptors (Lipinski definition) is 10. The molecule has 0 bridgehead atoms. The van der Waals surface area contributed by atoms with E-state index in [2.05, 4.69) is 50.5 Å². The van der Waals surface area contributed by atoms with E-state index in [0.717, 1.165) is 93.3 Å². The molecule has 3 aliphatic rings. The molecule has 238 valence electrons. The summed E-state index contributed by atoms with van der Waals surface area (Å²) in [5.74, 6) is 1.66. The van der Waals surface area contributed by atoms with E-state index in [9.17, 15) is 23.0 Å². The summed E-state index contributed by atoms with van der Waals surface area (Å²) in [5.41, 5.74) is 1.79. The summed E-state index contributed by atoms with van der Waals surface area (Å²) in [6.45, 7) is 1.60. The molecule has 0 aromatic rings. The molecule has 0 spiro atoms. The summed E-state index contributed by atoms with van der Waals surface area (Å²) < 4.78 is 36.8. The predicted molar refractivity (Wildman–Crippen MR) is 164 cm³/mol. The molecule has 0 aromatic heterocycles. The molecule has 0 aliphatic heterocycles. The number of ketones is 1. The highest BCUT2D eigenvalue weighted by Crippen LogP contribution is 2.31. The van der Waals surface area contributed by atoms with Crippen molar-refractivity contribution in [3.8, 4) is 0 Å². The van der Waals surface area contributed by atoms with Gasteiger partial charge in [-0.3, -0.25) is 9.83 Å². The van der Waals surface area contributed by atoms with Crippen molar-refractivity contribution in [3.05, 3.63) is 47.6 Å². The number of hydrogen-bond donors (Lipinski definition) is 0. The number of nitrogens with zero attached hydrogens (tertiary/aromatic N) is 2. The first-order valence-corrected chi connectivity index (χ1v) is 17.9. The Hall–Kier alpha value is -1.31. The zero-order chi connectivity index (χ0) is 30.4. The fourth-order valence-corrected chi connectivity index (χ4v) is 7.27. The van der Waals surface area contributed by atoms with Crippen molar-refractivity contribution in [1.29, 1.82) is 0 Å². The Balaban J connectivity index is 1.34. The van der Waals surface area contributed by atoms with Gasteiger partial charge in [-0.05, 0) is 116 Å². The first-order chi connectivity index (χ1) is 20.2. The number of Topliss-reactive ketones (excluding diaryl/α,β-unsaturated/α-hetero) is 1. The lowest BCUT2D eigenvalue weighted by molar-refractivity contribution is -0.777. The maximum Gasteiger partial charge on any atom is 0.185 e. The maximum atomic E-state index is 12.9. The average Bonchev–Trinajstić information content (AvgIpc) is 3.31. The van der Waals surface area contributed by atoms with Gasteiger partial charge in [0.25, 0.3) is 0 Å². The van der Waals surface area contributed by atoms with Crippen LogP contribution in [0, 0.1) is 11.8 Å². The third-order valence-electron chi connectivity index (χ3n) is 9.06. The fourth-order valence-electron chi connectivity index (χ4n) is 6.43. The number of allylic oxidation sites excluding steroid dienone is 8. The van der Waals surface area contributed by atoms with Crippen molar-refractivity contribution in [2.24, 2.45) is 11.8 Å². The summed E-state index contributed by atoms with van der Waals surface area (Å²) >= 11 is 1.05. The molecule has 9 nitrogen and oxygen atoms in total. The number of carbonyl (C=O) groups excluding carboxylic acids is 1. The molecule has 0 heterocycles. The van der Waals surface area contributed by atoms with Crippen molar-refractivity contribution in [3.63, 3.8) is 0 Å². The molecule has 0 atom stereocenters. The zero-order valence-corrected chi connectivity index (χ0v) is 26.8. The normalized spacial score (nSPS) is 28.0. The van der Waals surface area contributed by atoms with Crippen LogP contribution in [0.4, 0.5) is 0 Å². The van der Waals surface area contributed by atoms with Gasteiger partial charge in [0, 0.05) is 46.8 Å². The van der Waals surface area contributed by atoms with Crippen LogP contribution in [-0.4, -0.2) is 79.3 Å². The maximum absolute atomic E-state index is 12.9. The van der Waals surface area contributed by atoms with Crippen LogP contribution in [0.1, 0.15) is 77.0 Å². The highest BCUT2D eigenvalue weighted by atomic mass is 32.2. The Morgan fingerprint density at radius 2 is 1.31 bits per heavy atom. The van der Waals surface area contributed by atoms with Crippen molar-refractivity contribution in [1.82, 2.24) is 9.80 Å². The smallest absolute Gasteiger partial charge is 0.185 e. The topological polar surface area (TPSA) is 122 Å². The molecule has 3 saturated carbocycles. The molecular weight excluding hydrogens is 576 g/mol. The van der Waals surface area contributed by atoms with E-state index in [1.807, 2.05) is 19.2 Å². The summed E-state index contributed by atoms with van der Waals surface area (Å²) in [6.07, 6.45) is 24.5. The van der Waals surface area contributed by atoms with Crippen molar-refractivity contribution in [2.75, 3.05) is 38.7 Å². The molecule has 3 fully saturated rings. The lowest BCUT2D eigenvalue weighted by Crippen LogP contribution is -2.36. The fraction of sp³-hybridized carbons (Fsp3) is 0.710. The van der Waals surface area contributed by atoms with Crippen LogP contribution >= 0.6 is 12.0 Å². The van der Waals surface area contributed by atoms with Gasteiger partial charge >= 0.3 is 0 Å². The second-order valence-electron chi connectivity index (χ2n) is 12.0. The Bertz CT molecular complexity index is 1060. The average molecular weight is 625 g/mol. The van der Waals surface area contributed by atoms with E-state index in [1.54, 1.807) is 0 Å². The quantitative estimate of drug-likeness (QED) is 0.0606. The lowest BCUT2D eigenvalue weighted by atomic mass is 9.85. The van der Waals surface area contributed by atoms with E-state index in [0.29, 0.717) is 36.9 Å². The summed E-state index contributed by atoms with van der Waals surface area (Å²) in [6, 6.07) is 1.02. The zero-order valence-electron chi connectivity index (χ0n) is 25.2. The van der Waals surface area contributed by atoms with Crippen LogP contribution in [0.2, 0.25) is 0 Å². The third kappa shape index (κ3) is 12.7. The van der Waals surface area contributed by atoms with Crippen molar-refractivity contribution >= 4 is 27.9 Å². The molecule has 42 heavy (non-hydrogen) atoms. The Labute approximate surface area is 256 Å². The summed E-state index contributed by atoms with van der Waals surface area (Å²) in [4.78, 5) is 17.5. The van der Waals surface area contributed by atoms with Gasteiger partial charge in [-0.15, -0.1) is 0 Å². The van der Waals surface area contributed by atoms with Gasteiger partial charge in [0.15, 0.2) is 5.78 Å². The Morgan fingerprint density at radius 1 is 0.833 bits per heavy atom. The van der Waals surface area contributed by atoms with Gasteiger partial charge < -0.3 is 19.6 Å². The SMILES string of the molecule is CN(CCCSOO[O-])C1CCC(C=CC=C2CCC(=CC=CC3CCC(N(C)CCCS(=O)(=O)[O-])CC3)C2=O)CC1. The van der Waals surface area contributed by atoms with E-state index >= 15 is 0 Å². The largest absolute Gasteiger partial charge is 0.748 e. The van der Waals surface area contributed by atoms with Crippen molar-refractivity contribution < 1.29 is 32.4 Å². The van der Waals surface area contributed by atoms with E-state index in [1.165, 1.54) is 12.8 Å². The highest BCUT2D eigenvalue weighted by molar-refractivity contribution is 7.94.